The average Bonchev–Trinajstić information content (AvgIpc) is 2.62. The van der Waals surface area contributed by atoms with E-state index < -0.39 is 11.5 Å². The van der Waals surface area contributed by atoms with E-state index in [1.165, 1.54) is 5.57 Å². The number of fused-ring (bicyclic) bond motifs is 1. The minimum Gasteiger partial charge on any atom is -0.379 e. The van der Waals surface area contributed by atoms with Crippen LogP contribution in [0.1, 0.15) is 30.6 Å². The molecule has 2 aromatic rings. The Morgan fingerprint density at radius 1 is 1.38 bits per heavy atom. The van der Waals surface area contributed by atoms with Gasteiger partial charge in [-0.3, -0.25) is 9.59 Å². The van der Waals surface area contributed by atoms with Gasteiger partial charge in [0.25, 0.3) is 11.5 Å². The highest BCUT2D eigenvalue weighted by Crippen LogP contribution is 2.14. The number of H-pyrrole nitrogens is 1. The molecule has 1 amide bonds. The predicted molar refractivity (Wildman–Crippen MR) is 100 cm³/mol. The largest absolute Gasteiger partial charge is 0.379 e. The molecule has 2 N–H and O–H groups in total. The van der Waals surface area contributed by atoms with Crippen molar-refractivity contribution in [2.75, 3.05) is 19.8 Å². The van der Waals surface area contributed by atoms with Gasteiger partial charge in [-0.15, -0.1) is 0 Å². The summed E-state index contributed by atoms with van der Waals surface area (Å²) in [5.74, 6) is -0.414. The molecule has 26 heavy (non-hydrogen) atoms. The summed E-state index contributed by atoms with van der Waals surface area (Å²) in [7, 11) is 0. The smallest absolute Gasteiger partial charge is 0.261 e. The van der Waals surface area contributed by atoms with Crippen LogP contribution in [0.3, 0.4) is 0 Å². The van der Waals surface area contributed by atoms with Gasteiger partial charge in [0.1, 0.15) is 5.56 Å². The number of carbonyl (C=O) groups is 1. The molecule has 0 aliphatic carbocycles. The normalized spacial score (nSPS) is 19.9. The van der Waals surface area contributed by atoms with Gasteiger partial charge in [0.05, 0.1) is 25.4 Å². The maximum absolute atomic E-state index is 12.7. The van der Waals surface area contributed by atoms with Crippen molar-refractivity contribution in [3.63, 3.8) is 0 Å². The topological polar surface area (TPSA) is 80.4 Å². The van der Waals surface area contributed by atoms with Crippen molar-refractivity contribution in [3.05, 3.63) is 57.9 Å². The fraction of sp³-hybridized carbons (Fsp3) is 0.400. The molecule has 3 rings (SSSR count). The molecular formula is C20H24N2O4. The summed E-state index contributed by atoms with van der Waals surface area (Å²) in [4.78, 5) is 27.7. The van der Waals surface area contributed by atoms with Gasteiger partial charge in [0.2, 0.25) is 0 Å². The van der Waals surface area contributed by atoms with Crippen LogP contribution in [0.5, 0.6) is 0 Å². The molecule has 1 fully saturated rings. The molecule has 6 nitrogen and oxygen atoms in total. The van der Waals surface area contributed by atoms with Crippen LogP contribution in [-0.4, -0.2) is 42.9 Å². The fourth-order valence-corrected chi connectivity index (χ4v) is 2.95. The third-order valence-electron chi connectivity index (χ3n) is 4.41. The zero-order valence-electron chi connectivity index (χ0n) is 15.1. The van der Waals surface area contributed by atoms with Gasteiger partial charge in [-0.1, -0.05) is 29.8 Å². The van der Waals surface area contributed by atoms with Crippen LogP contribution in [0.4, 0.5) is 0 Å². The van der Waals surface area contributed by atoms with Gasteiger partial charge in [0, 0.05) is 12.1 Å². The maximum atomic E-state index is 12.7. The Balaban J connectivity index is 1.74. The van der Waals surface area contributed by atoms with Gasteiger partial charge >= 0.3 is 0 Å². The minimum absolute atomic E-state index is 0.0947. The number of benzene rings is 1. The molecule has 1 saturated heterocycles. The Morgan fingerprint density at radius 3 is 3.00 bits per heavy atom. The first-order valence-corrected chi connectivity index (χ1v) is 8.80. The van der Waals surface area contributed by atoms with E-state index in [1.807, 2.05) is 38.1 Å². The second kappa shape index (κ2) is 8.29. The van der Waals surface area contributed by atoms with Crippen molar-refractivity contribution < 1.29 is 14.3 Å². The van der Waals surface area contributed by atoms with Crippen molar-refractivity contribution in [2.45, 2.75) is 32.4 Å². The van der Waals surface area contributed by atoms with Crippen molar-refractivity contribution >= 4 is 16.8 Å². The molecule has 2 heterocycles. The molecule has 0 unspecified atom stereocenters. The van der Waals surface area contributed by atoms with E-state index in [9.17, 15) is 9.59 Å². The second-order valence-corrected chi connectivity index (χ2v) is 6.70. The Hall–Kier alpha value is -2.44. The van der Waals surface area contributed by atoms with Gasteiger partial charge in [-0.25, -0.2) is 0 Å². The first-order chi connectivity index (χ1) is 12.5. The predicted octanol–water partition coefficient (Wildman–Crippen LogP) is 2.40. The summed E-state index contributed by atoms with van der Waals surface area (Å²) < 4.78 is 11.4. The Labute approximate surface area is 152 Å². The molecule has 1 aromatic heterocycles. The first-order valence-electron chi connectivity index (χ1n) is 8.80. The van der Waals surface area contributed by atoms with Crippen molar-refractivity contribution in [1.29, 1.82) is 0 Å². The van der Waals surface area contributed by atoms with Gasteiger partial charge in [-0.2, -0.15) is 0 Å². The molecule has 0 saturated carbocycles. The van der Waals surface area contributed by atoms with E-state index in [0.29, 0.717) is 31.8 Å². The maximum Gasteiger partial charge on any atom is 0.261 e. The number of allylic oxidation sites excluding steroid dienone is 1. The Bertz CT molecular complexity index is 867. The van der Waals surface area contributed by atoms with Crippen LogP contribution >= 0.6 is 0 Å². The summed E-state index contributed by atoms with van der Waals surface area (Å²) in [6.45, 7) is 5.49. The summed E-state index contributed by atoms with van der Waals surface area (Å²) in [6, 6.07) is 8.70. The molecule has 6 heteroatoms. The minimum atomic E-state index is -0.414. The molecule has 138 valence electrons. The van der Waals surface area contributed by atoms with Crippen molar-refractivity contribution in [2.24, 2.45) is 0 Å². The van der Waals surface area contributed by atoms with E-state index in [1.54, 1.807) is 12.1 Å². The number of nitrogens with one attached hydrogen (secondary N) is 2. The molecule has 0 spiro atoms. The standard InChI is InChI=1S/C20H24N2O4/c1-13(2)7-10-26-18-8-9-25-12-17(18)22-20(24)15-11-14-5-3-4-6-16(14)21-19(15)23/h3-7,11,17-18H,8-10,12H2,1-2H3,(H,21,23)(H,22,24)/t17-,18+/m0/s1. The Morgan fingerprint density at radius 2 is 2.19 bits per heavy atom. The number of hydrogen-bond donors (Lipinski definition) is 2. The molecule has 0 radical (unpaired) electrons. The highest BCUT2D eigenvalue weighted by Gasteiger charge is 2.28. The number of aromatic amines is 1. The van der Waals surface area contributed by atoms with E-state index in [0.717, 1.165) is 5.39 Å². The van der Waals surface area contributed by atoms with Crippen LogP contribution in [-0.2, 0) is 9.47 Å². The Kier molecular flexibility index (Phi) is 5.85. The van der Waals surface area contributed by atoms with E-state index in [2.05, 4.69) is 10.3 Å². The van der Waals surface area contributed by atoms with Crippen LogP contribution in [0.15, 0.2) is 46.8 Å². The monoisotopic (exact) mass is 356 g/mol. The lowest BCUT2D eigenvalue weighted by molar-refractivity contribution is -0.0457. The zero-order valence-corrected chi connectivity index (χ0v) is 15.1. The number of amides is 1. The van der Waals surface area contributed by atoms with Gasteiger partial charge < -0.3 is 19.8 Å². The van der Waals surface area contributed by atoms with E-state index in [-0.39, 0.29) is 17.7 Å². The fourth-order valence-electron chi connectivity index (χ4n) is 2.95. The first kappa shape index (κ1) is 18.4. The van der Waals surface area contributed by atoms with Gasteiger partial charge in [-0.05, 0) is 37.8 Å². The molecule has 1 aromatic carbocycles. The number of ether oxygens (including phenoxy) is 2. The number of aromatic nitrogens is 1. The third-order valence-corrected chi connectivity index (χ3v) is 4.41. The number of pyridine rings is 1. The summed E-state index contributed by atoms with van der Waals surface area (Å²) >= 11 is 0. The second-order valence-electron chi connectivity index (χ2n) is 6.70. The molecular weight excluding hydrogens is 332 g/mol. The summed E-state index contributed by atoms with van der Waals surface area (Å²) in [5, 5.41) is 3.71. The quantitative estimate of drug-likeness (QED) is 0.806. The van der Waals surface area contributed by atoms with Crippen LogP contribution in [0, 0.1) is 0 Å². The van der Waals surface area contributed by atoms with Crippen LogP contribution in [0.2, 0.25) is 0 Å². The average molecular weight is 356 g/mol. The lowest BCUT2D eigenvalue weighted by atomic mass is 10.1. The highest BCUT2D eigenvalue weighted by molar-refractivity contribution is 5.97. The SMILES string of the molecule is CC(C)=CCO[C@@H]1CCOC[C@@H]1NC(=O)c1cc2ccccc2[nH]c1=O. The molecule has 1 aliphatic heterocycles. The number of rotatable bonds is 5. The molecule has 1 aliphatic rings. The number of carbonyl (C=O) groups excluding carboxylic acids is 1. The van der Waals surface area contributed by atoms with Crippen molar-refractivity contribution in [1.82, 2.24) is 10.3 Å². The molecule has 0 bridgehead atoms. The van der Waals surface area contributed by atoms with E-state index >= 15 is 0 Å². The number of para-hydroxylation sites is 1. The zero-order chi connectivity index (χ0) is 18.5. The lowest BCUT2D eigenvalue weighted by Gasteiger charge is -2.31. The van der Waals surface area contributed by atoms with Crippen LogP contribution in [0.25, 0.3) is 10.9 Å². The van der Waals surface area contributed by atoms with Crippen molar-refractivity contribution in [3.8, 4) is 0 Å². The number of hydrogen-bond acceptors (Lipinski definition) is 4. The highest BCUT2D eigenvalue weighted by atomic mass is 16.5. The summed E-state index contributed by atoms with van der Waals surface area (Å²) in [6.07, 6.45) is 2.57. The van der Waals surface area contributed by atoms with E-state index in [4.69, 9.17) is 9.47 Å². The molecule has 2 atom stereocenters. The lowest BCUT2D eigenvalue weighted by Crippen LogP contribution is -2.51. The van der Waals surface area contributed by atoms with Gasteiger partial charge in [0.15, 0.2) is 0 Å². The third kappa shape index (κ3) is 4.39. The van der Waals surface area contributed by atoms with Crippen LogP contribution < -0.4 is 10.9 Å². The summed E-state index contributed by atoms with van der Waals surface area (Å²) in [5.41, 5.74) is 1.58.